The van der Waals surface area contributed by atoms with Gasteiger partial charge in [0, 0.05) is 19.6 Å². The minimum atomic E-state index is -0.0158. The molecular weight excluding hydrogens is 280 g/mol. The summed E-state index contributed by atoms with van der Waals surface area (Å²) >= 11 is 0. The van der Waals surface area contributed by atoms with E-state index in [1.165, 1.54) is 0 Å². The molecule has 2 unspecified atom stereocenters. The molecule has 1 saturated heterocycles. The van der Waals surface area contributed by atoms with E-state index in [1.54, 1.807) is 0 Å². The van der Waals surface area contributed by atoms with Crippen LogP contribution in [0.25, 0.3) is 0 Å². The second-order valence-corrected chi connectivity index (χ2v) is 5.86. The molecule has 2 rings (SSSR count). The Balaban J connectivity index is 1.64. The number of rotatable bonds is 5. The van der Waals surface area contributed by atoms with Crippen LogP contribution in [-0.4, -0.2) is 49.4 Å². The van der Waals surface area contributed by atoms with Crippen LogP contribution in [0.15, 0.2) is 24.3 Å². The van der Waals surface area contributed by atoms with Crippen LogP contribution in [0.1, 0.15) is 25.8 Å². The average Bonchev–Trinajstić information content (AvgIpc) is 2.47. The van der Waals surface area contributed by atoms with Crippen molar-refractivity contribution in [1.29, 1.82) is 0 Å². The number of nitrogens with zero attached hydrogens (tertiary/aromatic N) is 1. The molecule has 1 fully saturated rings. The monoisotopic (exact) mass is 306 g/mol. The van der Waals surface area contributed by atoms with Gasteiger partial charge in [0.15, 0.2) is 0 Å². The fourth-order valence-corrected chi connectivity index (χ4v) is 2.62. The smallest absolute Gasteiger partial charge is 0.317 e. The van der Waals surface area contributed by atoms with Gasteiger partial charge in [0.05, 0.1) is 18.8 Å². The summed E-state index contributed by atoms with van der Waals surface area (Å²) in [6, 6.07) is 7.93. The summed E-state index contributed by atoms with van der Waals surface area (Å²) in [4.78, 5) is 13.9. The Morgan fingerprint density at radius 3 is 2.68 bits per heavy atom. The van der Waals surface area contributed by atoms with Crippen LogP contribution in [0.3, 0.4) is 0 Å². The van der Waals surface area contributed by atoms with E-state index in [2.05, 4.69) is 5.32 Å². The molecule has 1 aromatic carbocycles. The number of hydrogen-bond donors (Lipinski definition) is 1. The maximum Gasteiger partial charge on any atom is 0.317 e. The predicted octanol–water partition coefficient (Wildman–Crippen LogP) is 2.58. The summed E-state index contributed by atoms with van der Waals surface area (Å²) < 4.78 is 11.3. The van der Waals surface area contributed by atoms with Gasteiger partial charge >= 0.3 is 6.03 Å². The minimum absolute atomic E-state index is 0.0158. The van der Waals surface area contributed by atoms with E-state index >= 15 is 0 Å². The normalized spacial score (nSPS) is 21.5. The Bertz CT molecular complexity index is 483. The van der Waals surface area contributed by atoms with Gasteiger partial charge in [-0.2, -0.15) is 0 Å². The highest BCUT2D eigenvalue weighted by atomic mass is 16.5. The first-order valence-corrected chi connectivity index (χ1v) is 7.93. The van der Waals surface area contributed by atoms with E-state index in [-0.39, 0.29) is 18.2 Å². The van der Waals surface area contributed by atoms with Crippen LogP contribution >= 0.6 is 0 Å². The molecule has 2 amide bonds. The van der Waals surface area contributed by atoms with Crippen molar-refractivity contribution in [3.63, 3.8) is 0 Å². The Labute approximate surface area is 132 Å². The lowest BCUT2D eigenvalue weighted by atomic mass is 10.2. The molecule has 5 heteroatoms. The van der Waals surface area contributed by atoms with E-state index < -0.39 is 0 Å². The number of amides is 2. The second kappa shape index (κ2) is 8.03. The van der Waals surface area contributed by atoms with Gasteiger partial charge in [-0.15, -0.1) is 0 Å². The van der Waals surface area contributed by atoms with Crippen molar-refractivity contribution in [2.75, 3.05) is 26.2 Å². The first-order chi connectivity index (χ1) is 10.6. The van der Waals surface area contributed by atoms with E-state index in [9.17, 15) is 4.79 Å². The zero-order chi connectivity index (χ0) is 15.9. The molecule has 1 aromatic rings. The highest BCUT2D eigenvalue weighted by Crippen LogP contribution is 2.16. The number of benzene rings is 1. The quantitative estimate of drug-likeness (QED) is 0.851. The van der Waals surface area contributed by atoms with Gasteiger partial charge in [-0.25, -0.2) is 4.79 Å². The van der Waals surface area contributed by atoms with Crippen molar-refractivity contribution in [3.05, 3.63) is 29.8 Å². The van der Waals surface area contributed by atoms with Gasteiger partial charge < -0.3 is 19.7 Å². The molecular formula is C17H26N2O3. The van der Waals surface area contributed by atoms with E-state index in [0.29, 0.717) is 26.2 Å². The van der Waals surface area contributed by atoms with Gasteiger partial charge in [-0.3, -0.25) is 0 Å². The molecule has 0 spiro atoms. The SMILES string of the molecule is Cc1ccccc1OCCCNC(=O)N1CC(C)OC(C)C1. The van der Waals surface area contributed by atoms with Crippen molar-refractivity contribution in [1.82, 2.24) is 10.2 Å². The van der Waals surface area contributed by atoms with Crippen LogP contribution in [0.2, 0.25) is 0 Å². The van der Waals surface area contributed by atoms with Crippen molar-refractivity contribution in [2.45, 2.75) is 39.4 Å². The molecule has 0 radical (unpaired) electrons. The van der Waals surface area contributed by atoms with E-state index in [1.807, 2.05) is 49.9 Å². The lowest BCUT2D eigenvalue weighted by Gasteiger charge is -2.35. The molecule has 22 heavy (non-hydrogen) atoms. The van der Waals surface area contributed by atoms with E-state index in [4.69, 9.17) is 9.47 Å². The molecule has 1 heterocycles. The Morgan fingerprint density at radius 2 is 2.00 bits per heavy atom. The first kappa shape index (κ1) is 16.6. The lowest BCUT2D eigenvalue weighted by Crippen LogP contribution is -2.51. The van der Waals surface area contributed by atoms with Crippen LogP contribution in [0, 0.1) is 6.92 Å². The largest absolute Gasteiger partial charge is 0.493 e. The summed E-state index contributed by atoms with van der Waals surface area (Å²) in [5.41, 5.74) is 1.13. The molecule has 0 bridgehead atoms. The molecule has 0 saturated carbocycles. The van der Waals surface area contributed by atoms with Crippen LogP contribution in [0.4, 0.5) is 4.79 Å². The minimum Gasteiger partial charge on any atom is -0.493 e. The van der Waals surface area contributed by atoms with E-state index in [0.717, 1.165) is 17.7 Å². The summed E-state index contributed by atoms with van der Waals surface area (Å²) in [5, 5.41) is 2.95. The number of aryl methyl sites for hydroxylation is 1. The van der Waals surface area contributed by atoms with Crippen molar-refractivity contribution >= 4 is 6.03 Å². The summed E-state index contributed by atoms with van der Waals surface area (Å²) in [7, 11) is 0. The molecule has 5 nitrogen and oxygen atoms in total. The van der Waals surface area contributed by atoms with Gasteiger partial charge in [0.2, 0.25) is 0 Å². The maximum absolute atomic E-state index is 12.1. The number of ether oxygens (including phenoxy) is 2. The Kier molecular flexibility index (Phi) is 6.07. The standard InChI is InChI=1S/C17H26N2O3/c1-13-7-4-5-8-16(13)21-10-6-9-18-17(20)19-11-14(2)22-15(3)12-19/h4-5,7-8,14-15H,6,9-12H2,1-3H3,(H,18,20). The molecule has 1 aliphatic heterocycles. The Morgan fingerprint density at radius 1 is 1.32 bits per heavy atom. The number of carbonyl (C=O) groups excluding carboxylic acids is 1. The van der Waals surface area contributed by atoms with Crippen LogP contribution in [-0.2, 0) is 4.74 Å². The van der Waals surface area contributed by atoms with Gasteiger partial charge in [-0.1, -0.05) is 18.2 Å². The third-order valence-electron chi connectivity index (χ3n) is 3.66. The fraction of sp³-hybridized carbons (Fsp3) is 0.588. The fourth-order valence-electron chi connectivity index (χ4n) is 2.62. The maximum atomic E-state index is 12.1. The molecule has 2 atom stereocenters. The molecule has 1 N–H and O–H groups in total. The highest BCUT2D eigenvalue weighted by Gasteiger charge is 2.25. The summed E-state index contributed by atoms with van der Waals surface area (Å²) in [6.45, 7) is 8.52. The number of nitrogens with one attached hydrogen (secondary N) is 1. The number of urea groups is 1. The molecule has 0 aliphatic carbocycles. The molecule has 122 valence electrons. The highest BCUT2D eigenvalue weighted by molar-refractivity contribution is 5.74. The van der Waals surface area contributed by atoms with Gasteiger partial charge in [-0.05, 0) is 38.8 Å². The number of hydrogen-bond acceptors (Lipinski definition) is 3. The zero-order valence-electron chi connectivity index (χ0n) is 13.7. The van der Waals surface area contributed by atoms with Crippen LogP contribution < -0.4 is 10.1 Å². The zero-order valence-corrected chi connectivity index (χ0v) is 13.7. The van der Waals surface area contributed by atoms with Crippen LogP contribution in [0.5, 0.6) is 5.75 Å². The third kappa shape index (κ3) is 4.91. The van der Waals surface area contributed by atoms with Gasteiger partial charge in [0.1, 0.15) is 5.75 Å². The number of para-hydroxylation sites is 1. The van der Waals surface area contributed by atoms with Crippen molar-refractivity contribution < 1.29 is 14.3 Å². The predicted molar refractivity (Wildman–Crippen MR) is 86.3 cm³/mol. The topological polar surface area (TPSA) is 50.8 Å². The number of morpholine rings is 1. The second-order valence-electron chi connectivity index (χ2n) is 5.86. The van der Waals surface area contributed by atoms with Crippen molar-refractivity contribution in [2.24, 2.45) is 0 Å². The molecule has 0 aromatic heterocycles. The Hall–Kier alpha value is -1.75. The van der Waals surface area contributed by atoms with Crippen molar-refractivity contribution in [3.8, 4) is 5.75 Å². The summed E-state index contributed by atoms with van der Waals surface area (Å²) in [5.74, 6) is 0.907. The first-order valence-electron chi connectivity index (χ1n) is 7.93. The summed E-state index contributed by atoms with van der Waals surface area (Å²) in [6.07, 6.45) is 0.980. The number of carbonyl (C=O) groups is 1. The van der Waals surface area contributed by atoms with Gasteiger partial charge in [0.25, 0.3) is 0 Å². The molecule has 1 aliphatic rings. The lowest BCUT2D eigenvalue weighted by molar-refractivity contribution is -0.0545. The third-order valence-corrected chi connectivity index (χ3v) is 3.66. The average molecular weight is 306 g/mol.